The van der Waals surface area contributed by atoms with Crippen LogP contribution >= 0.6 is 0 Å². The summed E-state index contributed by atoms with van der Waals surface area (Å²) in [7, 11) is 0. The van der Waals surface area contributed by atoms with Gasteiger partial charge in [-0.25, -0.2) is 0 Å². The number of aliphatic hydroxyl groups is 1. The molecule has 0 aromatic carbocycles. The Morgan fingerprint density at radius 1 is 1.17 bits per heavy atom. The Hall–Kier alpha value is -0.0800. The van der Waals surface area contributed by atoms with Gasteiger partial charge >= 0.3 is 0 Å². The van der Waals surface area contributed by atoms with Crippen LogP contribution in [0.2, 0.25) is 0 Å². The summed E-state index contributed by atoms with van der Waals surface area (Å²) in [5, 5.41) is 13.3. The molecule has 0 unspecified atom stereocenters. The van der Waals surface area contributed by atoms with Gasteiger partial charge in [0.15, 0.2) is 0 Å². The Balaban J connectivity index is 1.99. The van der Waals surface area contributed by atoms with Crippen LogP contribution in [0.3, 0.4) is 0 Å². The minimum atomic E-state index is -0.0243. The number of aliphatic hydroxyl groups excluding tert-OH is 1. The van der Waals surface area contributed by atoms with E-state index >= 15 is 0 Å². The quantitative estimate of drug-likeness (QED) is 0.572. The highest BCUT2D eigenvalue weighted by molar-refractivity contribution is 4.91. The second-order valence-corrected chi connectivity index (χ2v) is 4.41. The maximum Gasteiger partial charge on any atom is 0.0583 e. The van der Waals surface area contributed by atoms with Gasteiger partial charge in [0.05, 0.1) is 6.10 Å². The standard InChI is InChI=1S/C10H19NO/c1-7-5-6-8-9(11-7)3-2-4-10(8)12/h7-12H,2-6H2,1H3/t7-,8-,9+,10-/m0/s1. The highest BCUT2D eigenvalue weighted by atomic mass is 16.3. The van der Waals surface area contributed by atoms with Gasteiger partial charge in [0.1, 0.15) is 0 Å². The molecule has 2 heteroatoms. The molecule has 2 fully saturated rings. The van der Waals surface area contributed by atoms with E-state index in [2.05, 4.69) is 12.2 Å². The molecule has 2 nitrogen and oxygen atoms in total. The van der Waals surface area contributed by atoms with Gasteiger partial charge in [-0.05, 0) is 39.0 Å². The van der Waals surface area contributed by atoms with Crippen molar-refractivity contribution in [3.8, 4) is 0 Å². The maximum absolute atomic E-state index is 9.75. The molecule has 0 bridgehead atoms. The lowest BCUT2D eigenvalue weighted by Crippen LogP contribution is -2.52. The van der Waals surface area contributed by atoms with Gasteiger partial charge in [0, 0.05) is 18.0 Å². The third kappa shape index (κ3) is 1.50. The van der Waals surface area contributed by atoms with Crippen LogP contribution in [0.25, 0.3) is 0 Å². The highest BCUT2D eigenvalue weighted by Crippen LogP contribution is 2.32. The van der Waals surface area contributed by atoms with Crippen molar-refractivity contribution in [2.24, 2.45) is 5.92 Å². The average Bonchev–Trinajstić information content (AvgIpc) is 2.04. The van der Waals surface area contributed by atoms with Crippen LogP contribution in [0.4, 0.5) is 0 Å². The first-order chi connectivity index (χ1) is 5.77. The molecule has 70 valence electrons. The molecule has 1 aliphatic carbocycles. The van der Waals surface area contributed by atoms with Crippen LogP contribution in [-0.4, -0.2) is 23.3 Å². The molecule has 2 N–H and O–H groups in total. The molecular weight excluding hydrogens is 150 g/mol. The molecule has 0 spiro atoms. The summed E-state index contributed by atoms with van der Waals surface area (Å²) in [6.07, 6.45) is 5.92. The zero-order valence-corrected chi connectivity index (χ0v) is 7.79. The first kappa shape index (κ1) is 8.52. The van der Waals surface area contributed by atoms with Crippen LogP contribution in [-0.2, 0) is 0 Å². The third-order valence-electron chi connectivity index (χ3n) is 3.46. The number of hydrogen-bond donors (Lipinski definition) is 2. The van der Waals surface area contributed by atoms with E-state index in [-0.39, 0.29) is 6.10 Å². The fraction of sp³-hybridized carbons (Fsp3) is 1.00. The van der Waals surface area contributed by atoms with E-state index in [4.69, 9.17) is 0 Å². The van der Waals surface area contributed by atoms with E-state index in [1.54, 1.807) is 0 Å². The van der Waals surface area contributed by atoms with Gasteiger partial charge in [0.25, 0.3) is 0 Å². The Kier molecular flexibility index (Phi) is 2.37. The van der Waals surface area contributed by atoms with Gasteiger partial charge < -0.3 is 10.4 Å². The van der Waals surface area contributed by atoms with Crippen molar-refractivity contribution in [3.63, 3.8) is 0 Å². The van der Waals surface area contributed by atoms with Crippen LogP contribution in [0.5, 0.6) is 0 Å². The molecule has 0 aromatic heterocycles. The summed E-state index contributed by atoms with van der Waals surface area (Å²) in [5.74, 6) is 0.551. The Morgan fingerprint density at radius 2 is 2.00 bits per heavy atom. The van der Waals surface area contributed by atoms with E-state index in [1.807, 2.05) is 0 Å². The molecule has 2 aliphatic rings. The molecule has 1 saturated heterocycles. The van der Waals surface area contributed by atoms with Gasteiger partial charge in [-0.15, -0.1) is 0 Å². The number of hydrogen-bond acceptors (Lipinski definition) is 2. The zero-order chi connectivity index (χ0) is 8.55. The Labute approximate surface area is 74.4 Å². The van der Waals surface area contributed by atoms with Crippen molar-refractivity contribution in [2.45, 2.75) is 57.2 Å². The van der Waals surface area contributed by atoms with E-state index < -0.39 is 0 Å². The molecule has 1 saturated carbocycles. The fourth-order valence-corrected chi connectivity index (χ4v) is 2.73. The summed E-state index contributed by atoms with van der Waals surface area (Å²) in [5.41, 5.74) is 0. The largest absolute Gasteiger partial charge is 0.393 e. The molecule has 1 heterocycles. The van der Waals surface area contributed by atoms with Crippen molar-refractivity contribution >= 4 is 0 Å². The number of rotatable bonds is 0. The molecule has 0 aromatic rings. The van der Waals surface area contributed by atoms with Gasteiger partial charge in [-0.1, -0.05) is 0 Å². The molecule has 2 rings (SSSR count). The van der Waals surface area contributed by atoms with E-state index in [1.165, 1.54) is 25.7 Å². The second kappa shape index (κ2) is 3.35. The molecule has 12 heavy (non-hydrogen) atoms. The second-order valence-electron chi connectivity index (χ2n) is 4.41. The van der Waals surface area contributed by atoms with Crippen molar-refractivity contribution in [2.75, 3.05) is 0 Å². The van der Waals surface area contributed by atoms with Crippen molar-refractivity contribution < 1.29 is 5.11 Å². The first-order valence-corrected chi connectivity index (χ1v) is 5.21. The van der Waals surface area contributed by atoms with Crippen molar-refractivity contribution in [1.29, 1.82) is 0 Å². The molecule has 0 amide bonds. The van der Waals surface area contributed by atoms with E-state index in [0.717, 1.165) is 6.42 Å². The summed E-state index contributed by atoms with van der Waals surface area (Å²) in [4.78, 5) is 0. The third-order valence-corrected chi connectivity index (χ3v) is 3.46. The summed E-state index contributed by atoms with van der Waals surface area (Å²) in [6.45, 7) is 2.25. The smallest absolute Gasteiger partial charge is 0.0583 e. The van der Waals surface area contributed by atoms with Crippen LogP contribution in [0.1, 0.15) is 39.0 Å². The number of fused-ring (bicyclic) bond motifs is 1. The first-order valence-electron chi connectivity index (χ1n) is 5.21. The predicted octanol–water partition coefficient (Wildman–Crippen LogP) is 1.29. The lowest BCUT2D eigenvalue weighted by atomic mass is 9.76. The minimum Gasteiger partial charge on any atom is -0.393 e. The molecule has 4 atom stereocenters. The molecule has 0 radical (unpaired) electrons. The fourth-order valence-electron chi connectivity index (χ4n) is 2.73. The topological polar surface area (TPSA) is 32.3 Å². The lowest BCUT2D eigenvalue weighted by molar-refractivity contribution is 0.0229. The maximum atomic E-state index is 9.75. The number of nitrogens with one attached hydrogen (secondary N) is 1. The van der Waals surface area contributed by atoms with Crippen molar-refractivity contribution in [1.82, 2.24) is 5.32 Å². The number of piperidine rings is 1. The summed E-state index contributed by atoms with van der Waals surface area (Å²) >= 11 is 0. The van der Waals surface area contributed by atoms with Gasteiger partial charge in [0.2, 0.25) is 0 Å². The summed E-state index contributed by atoms with van der Waals surface area (Å²) in [6, 6.07) is 1.27. The minimum absolute atomic E-state index is 0.0243. The average molecular weight is 169 g/mol. The Morgan fingerprint density at radius 3 is 2.83 bits per heavy atom. The SMILES string of the molecule is C[C@H]1CC[C@@H]2[C@@H](O)CCC[C@H]2N1. The van der Waals surface area contributed by atoms with Gasteiger partial charge in [-0.2, -0.15) is 0 Å². The zero-order valence-electron chi connectivity index (χ0n) is 7.79. The lowest BCUT2D eigenvalue weighted by Gasteiger charge is -2.42. The van der Waals surface area contributed by atoms with Crippen LogP contribution in [0, 0.1) is 5.92 Å². The van der Waals surface area contributed by atoms with Crippen LogP contribution in [0.15, 0.2) is 0 Å². The van der Waals surface area contributed by atoms with E-state index in [0.29, 0.717) is 18.0 Å². The van der Waals surface area contributed by atoms with Crippen LogP contribution < -0.4 is 5.32 Å². The summed E-state index contributed by atoms with van der Waals surface area (Å²) < 4.78 is 0. The predicted molar refractivity (Wildman–Crippen MR) is 49.0 cm³/mol. The van der Waals surface area contributed by atoms with E-state index in [9.17, 15) is 5.11 Å². The van der Waals surface area contributed by atoms with Gasteiger partial charge in [-0.3, -0.25) is 0 Å². The molecular formula is C10H19NO. The normalized spacial score (nSPS) is 48.5. The monoisotopic (exact) mass is 169 g/mol. The molecule has 1 aliphatic heterocycles. The Bertz CT molecular complexity index is 160. The highest BCUT2D eigenvalue weighted by Gasteiger charge is 2.35. The van der Waals surface area contributed by atoms with Crippen molar-refractivity contribution in [3.05, 3.63) is 0 Å².